The molecule has 2 aliphatic rings. The molecular weight excluding hydrogens is 330 g/mol. The number of fused-ring (bicyclic) bond motifs is 1. The van der Waals surface area contributed by atoms with Crippen LogP contribution in [0.1, 0.15) is 32.1 Å². The number of hydrogen-bond acceptors (Lipinski definition) is 5. The minimum Gasteiger partial charge on any atom is -0.490 e. The van der Waals surface area contributed by atoms with Crippen molar-refractivity contribution < 1.29 is 14.6 Å². The fourth-order valence-corrected chi connectivity index (χ4v) is 3.86. The summed E-state index contributed by atoms with van der Waals surface area (Å²) in [5, 5.41) is 16.8. The summed E-state index contributed by atoms with van der Waals surface area (Å²) in [6, 6.07) is 9.90. The van der Waals surface area contributed by atoms with E-state index < -0.39 is 6.10 Å². The lowest BCUT2D eigenvalue weighted by molar-refractivity contribution is -0.124. The number of rotatable bonds is 4. The Hall–Kier alpha value is -2.18. The molecule has 1 aromatic carbocycles. The van der Waals surface area contributed by atoms with E-state index in [2.05, 4.69) is 15.6 Å². The van der Waals surface area contributed by atoms with Crippen LogP contribution in [0.25, 0.3) is 10.9 Å². The predicted octanol–water partition coefficient (Wildman–Crippen LogP) is 1.76. The average molecular weight is 355 g/mol. The summed E-state index contributed by atoms with van der Waals surface area (Å²) in [7, 11) is 0. The molecule has 0 unspecified atom stereocenters. The minimum atomic E-state index is -0.410. The van der Waals surface area contributed by atoms with Crippen LogP contribution in [-0.2, 0) is 4.79 Å². The van der Waals surface area contributed by atoms with E-state index >= 15 is 0 Å². The van der Waals surface area contributed by atoms with E-state index in [1.165, 1.54) is 0 Å². The highest BCUT2D eigenvalue weighted by molar-refractivity contribution is 5.82. The first-order valence-corrected chi connectivity index (χ1v) is 9.40. The molecule has 4 rings (SSSR count). The van der Waals surface area contributed by atoms with Gasteiger partial charge in [0.25, 0.3) is 0 Å². The van der Waals surface area contributed by atoms with Gasteiger partial charge in [0.15, 0.2) is 0 Å². The number of ether oxygens (including phenoxy) is 1. The van der Waals surface area contributed by atoms with Crippen LogP contribution >= 0.6 is 0 Å². The first kappa shape index (κ1) is 17.2. The molecule has 1 aliphatic heterocycles. The molecule has 138 valence electrons. The Balaban J connectivity index is 1.27. The summed E-state index contributed by atoms with van der Waals surface area (Å²) in [6.07, 6.45) is 5.76. The van der Waals surface area contributed by atoms with Gasteiger partial charge in [-0.1, -0.05) is 6.07 Å². The van der Waals surface area contributed by atoms with Gasteiger partial charge in [-0.25, -0.2) is 0 Å². The molecule has 6 heteroatoms. The lowest BCUT2D eigenvalue weighted by atomic mass is 9.92. The van der Waals surface area contributed by atoms with E-state index in [0.717, 1.165) is 42.3 Å². The maximum atomic E-state index is 12.2. The van der Waals surface area contributed by atoms with E-state index in [0.29, 0.717) is 13.0 Å². The second kappa shape index (κ2) is 7.60. The molecule has 1 saturated heterocycles. The number of benzene rings is 1. The van der Waals surface area contributed by atoms with Crippen molar-refractivity contribution in [2.75, 3.05) is 6.54 Å². The molecule has 2 atom stereocenters. The summed E-state index contributed by atoms with van der Waals surface area (Å²) in [4.78, 5) is 16.6. The molecule has 0 radical (unpaired) electrons. The lowest BCUT2D eigenvalue weighted by Crippen LogP contribution is -2.47. The molecule has 1 amide bonds. The fraction of sp³-hybridized carbons (Fsp3) is 0.500. The van der Waals surface area contributed by atoms with Gasteiger partial charge >= 0.3 is 0 Å². The van der Waals surface area contributed by atoms with Crippen molar-refractivity contribution in [1.29, 1.82) is 0 Å². The van der Waals surface area contributed by atoms with Gasteiger partial charge in [-0.15, -0.1) is 0 Å². The normalized spacial score (nSPS) is 28.8. The summed E-state index contributed by atoms with van der Waals surface area (Å²) < 4.78 is 6.14. The molecule has 2 heterocycles. The van der Waals surface area contributed by atoms with Crippen LogP contribution in [0, 0.1) is 0 Å². The topological polar surface area (TPSA) is 83.5 Å². The van der Waals surface area contributed by atoms with E-state index in [-0.39, 0.29) is 24.1 Å². The highest BCUT2D eigenvalue weighted by atomic mass is 16.5. The molecule has 0 bridgehead atoms. The Labute approximate surface area is 153 Å². The third-order valence-corrected chi connectivity index (χ3v) is 5.32. The SMILES string of the molecule is O=C(NC1CCC(Oc2ccc3ncccc3c2)CC1)[C@H]1C[C@@H](O)CN1. The van der Waals surface area contributed by atoms with E-state index in [4.69, 9.17) is 4.74 Å². The molecule has 0 spiro atoms. The molecular formula is C20H25N3O3. The van der Waals surface area contributed by atoms with Crippen molar-refractivity contribution >= 4 is 16.8 Å². The smallest absolute Gasteiger partial charge is 0.237 e. The predicted molar refractivity (Wildman–Crippen MR) is 99.0 cm³/mol. The van der Waals surface area contributed by atoms with E-state index in [1.54, 1.807) is 6.20 Å². The lowest BCUT2D eigenvalue weighted by Gasteiger charge is -2.30. The van der Waals surface area contributed by atoms with Crippen LogP contribution < -0.4 is 15.4 Å². The first-order valence-electron chi connectivity index (χ1n) is 9.40. The molecule has 2 fully saturated rings. The Kier molecular flexibility index (Phi) is 5.04. The Bertz CT molecular complexity index is 774. The summed E-state index contributed by atoms with van der Waals surface area (Å²) in [5.74, 6) is 0.884. The number of aliphatic hydroxyl groups excluding tert-OH is 1. The largest absolute Gasteiger partial charge is 0.490 e. The molecule has 3 N–H and O–H groups in total. The first-order chi connectivity index (χ1) is 12.7. The zero-order valence-electron chi connectivity index (χ0n) is 14.7. The highest BCUT2D eigenvalue weighted by Crippen LogP contribution is 2.26. The van der Waals surface area contributed by atoms with Gasteiger partial charge in [-0.3, -0.25) is 9.78 Å². The van der Waals surface area contributed by atoms with Gasteiger partial charge < -0.3 is 20.5 Å². The standard InChI is InChI=1S/C20H25N3O3/c24-15-11-19(22-12-15)20(25)23-14-3-5-16(6-4-14)26-17-7-8-18-13(10-17)2-1-9-21-18/h1-2,7-10,14-16,19,22,24H,3-6,11-12H2,(H,23,25)/t14?,15-,16?,19-/m1/s1. The number of carbonyl (C=O) groups excluding carboxylic acids is 1. The average Bonchev–Trinajstić information content (AvgIpc) is 3.10. The number of amides is 1. The third kappa shape index (κ3) is 3.97. The van der Waals surface area contributed by atoms with E-state index in [1.807, 2.05) is 30.3 Å². The molecule has 26 heavy (non-hydrogen) atoms. The van der Waals surface area contributed by atoms with Gasteiger partial charge in [-0.05, 0) is 56.4 Å². The molecule has 1 aromatic heterocycles. The van der Waals surface area contributed by atoms with Crippen molar-refractivity contribution in [3.05, 3.63) is 36.5 Å². The van der Waals surface area contributed by atoms with Crippen LogP contribution in [0.15, 0.2) is 36.5 Å². The zero-order chi connectivity index (χ0) is 17.9. The second-order valence-corrected chi connectivity index (χ2v) is 7.31. The maximum absolute atomic E-state index is 12.2. The number of hydrogen-bond donors (Lipinski definition) is 3. The van der Waals surface area contributed by atoms with Gasteiger partial charge in [0.2, 0.25) is 5.91 Å². The van der Waals surface area contributed by atoms with Crippen molar-refractivity contribution in [3.8, 4) is 5.75 Å². The van der Waals surface area contributed by atoms with Gasteiger partial charge in [0, 0.05) is 24.2 Å². The van der Waals surface area contributed by atoms with Crippen LogP contribution in [0.3, 0.4) is 0 Å². The third-order valence-electron chi connectivity index (χ3n) is 5.32. The molecule has 2 aromatic rings. The fourth-order valence-electron chi connectivity index (χ4n) is 3.86. The van der Waals surface area contributed by atoms with Crippen LogP contribution in [-0.4, -0.2) is 46.8 Å². The van der Waals surface area contributed by atoms with Crippen molar-refractivity contribution in [2.45, 2.75) is 56.4 Å². The molecule has 1 saturated carbocycles. The Morgan fingerprint density at radius 2 is 2.08 bits per heavy atom. The van der Waals surface area contributed by atoms with Crippen molar-refractivity contribution in [3.63, 3.8) is 0 Å². The summed E-state index contributed by atoms with van der Waals surface area (Å²) >= 11 is 0. The Morgan fingerprint density at radius 1 is 1.23 bits per heavy atom. The van der Waals surface area contributed by atoms with Crippen LogP contribution in [0.5, 0.6) is 5.75 Å². The number of aromatic nitrogens is 1. The van der Waals surface area contributed by atoms with Gasteiger partial charge in [0.05, 0.1) is 23.8 Å². The van der Waals surface area contributed by atoms with Crippen LogP contribution in [0.4, 0.5) is 0 Å². The number of pyridine rings is 1. The summed E-state index contributed by atoms with van der Waals surface area (Å²) in [6.45, 7) is 0.500. The molecule has 1 aliphatic carbocycles. The van der Waals surface area contributed by atoms with Gasteiger partial charge in [0.1, 0.15) is 5.75 Å². The number of carbonyl (C=O) groups is 1. The Morgan fingerprint density at radius 3 is 2.85 bits per heavy atom. The number of β-amino-alcohol motifs (C(OH)–C–C–N with tert-alkyl or cyclic N) is 1. The second-order valence-electron chi connectivity index (χ2n) is 7.31. The van der Waals surface area contributed by atoms with E-state index in [9.17, 15) is 9.90 Å². The zero-order valence-corrected chi connectivity index (χ0v) is 14.7. The minimum absolute atomic E-state index is 0.00736. The monoisotopic (exact) mass is 355 g/mol. The number of nitrogens with zero attached hydrogens (tertiary/aromatic N) is 1. The maximum Gasteiger partial charge on any atom is 0.237 e. The van der Waals surface area contributed by atoms with Gasteiger partial charge in [-0.2, -0.15) is 0 Å². The van der Waals surface area contributed by atoms with Crippen molar-refractivity contribution in [2.24, 2.45) is 0 Å². The highest BCUT2D eigenvalue weighted by Gasteiger charge is 2.30. The quantitative estimate of drug-likeness (QED) is 0.778. The summed E-state index contributed by atoms with van der Waals surface area (Å²) in [5.41, 5.74) is 0.969. The molecule has 6 nitrogen and oxygen atoms in total. The number of nitrogens with one attached hydrogen (secondary N) is 2. The van der Waals surface area contributed by atoms with Crippen LogP contribution in [0.2, 0.25) is 0 Å². The number of aliphatic hydroxyl groups is 1. The van der Waals surface area contributed by atoms with Crippen molar-refractivity contribution in [1.82, 2.24) is 15.6 Å².